The zero-order valence-electron chi connectivity index (χ0n) is 13.2. The van der Waals surface area contributed by atoms with Gasteiger partial charge in [-0.05, 0) is 17.2 Å². The smallest absolute Gasteiger partial charge is 0.256 e. The molecule has 0 fully saturated rings. The summed E-state index contributed by atoms with van der Waals surface area (Å²) in [7, 11) is 0. The van der Waals surface area contributed by atoms with Gasteiger partial charge < -0.3 is 10.6 Å². The Labute approximate surface area is 141 Å². The highest BCUT2D eigenvalue weighted by atomic mass is 16.2. The number of para-hydroxylation sites is 1. The molecule has 0 saturated heterocycles. The number of hydrogen-bond donors (Lipinski definition) is 1. The molecule has 118 valence electrons. The standard InChI is InChI=1S/C21H18N2O/c22-21(17-11-5-2-6-12-17)18-13-7-8-14-19(18)23(20(21)24)15-16-9-3-1-4-10-16/h1-14H,15,22H2/t21-/m0/s1. The van der Waals surface area contributed by atoms with E-state index in [4.69, 9.17) is 5.73 Å². The highest BCUT2D eigenvalue weighted by molar-refractivity contribution is 6.09. The quantitative estimate of drug-likeness (QED) is 0.805. The van der Waals surface area contributed by atoms with E-state index >= 15 is 0 Å². The molecule has 24 heavy (non-hydrogen) atoms. The van der Waals surface area contributed by atoms with Crippen LogP contribution in [0.5, 0.6) is 0 Å². The maximum Gasteiger partial charge on any atom is 0.256 e. The lowest BCUT2D eigenvalue weighted by Crippen LogP contribution is -2.47. The zero-order valence-corrected chi connectivity index (χ0v) is 13.2. The van der Waals surface area contributed by atoms with Crippen molar-refractivity contribution < 1.29 is 4.79 Å². The number of rotatable bonds is 3. The number of fused-ring (bicyclic) bond motifs is 1. The first kappa shape index (κ1) is 14.7. The molecule has 3 aromatic carbocycles. The highest BCUT2D eigenvalue weighted by Gasteiger charge is 2.49. The fourth-order valence-corrected chi connectivity index (χ4v) is 3.38. The van der Waals surface area contributed by atoms with Crippen molar-refractivity contribution in [2.45, 2.75) is 12.1 Å². The van der Waals surface area contributed by atoms with Crippen molar-refractivity contribution >= 4 is 11.6 Å². The summed E-state index contributed by atoms with van der Waals surface area (Å²) in [6, 6.07) is 27.4. The number of benzene rings is 3. The number of anilines is 1. The molecule has 1 heterocycles. The Balaban J connectivity index is 1.83. The summed E-state index contributed by atoms with van der Waals surface area (Å²) in [5, 5.41) is 0. The van der Waals surface area contributed by atoms with E-state index in [1.165, 1.54) is 0 Å². The molecular formula is C21H18N2O. The fourth-order valence-electron chi connectivity index (χ4n) is 3.38. The van der Waals surface area contributed by atoms with Crippen molar-refractivity contribution in [3.05, 3.63) is 102 Å². The summed E-state index contributed by atoms with van der Waals surface area (Å²) < 4.78 is 0. The predicted octanol–water partition coefficient (Wildman–Crippen LogP) is 3.44. The van der Waals surface area contributed by atoms with E-state index in [1.54, 1.807) is 4.90 Å². The second-order valence-corrected chi connectivity index (χ2v) is 6.07. The summed E-state index contributed by atoms with van der Waals surface area (Å²) in [6.45, 7) is 0.516. The van der Waals surface area contributed by atoms with Crippen LogP contribution in [-0.2, 0) is 16.9 Å². The molecule has 0 unspecified atom stereocenters. The number of carbonyl (C=O) groups is 1. The molecule has 4 rings (SSSR count). The van der Waals surface area contributed by atoms with Crippen LogP contribution in [-0.4, -0.2) is 5.91 Å². The molecule has 1 atom stereocenters. The van der Waals surface area contributed by atoms with Crippen LogP contribution in [0.15, 0.2) is 84.9 Å². The van der Waals surface area contributed by atoms with E-state index in [0.717, 1.165) is 22.4 Å². The molecular weight excluding hydrogens is 296 g/mol. The van der Waals surface area contributed by atoms with Gasteiger partial charge in [0, 0.05) is 5.56 Å². The Kier molecular flexibility index (Phi) is 3.44. The van der Waals surface area contributed by atoms with Crippen LogP contribution >= 0.6 is 0 Å². The lowest BCUT2D eigenvalue weighted by atomic mass is 9.85. The zero-order chi connectivity index (χ0) is 16.6. The Bertz CT molecular complexity index is 877. The Morgan fingerprint density at radius 2 is 1.38 bits per heavy atom. The van der Waals surface area contributed by atoms with Gasteiger partial charge >= 0.3 is 0 Å². The number of carbonyl (C=O) groups excluding carboxylic acids is 1. The third-order valence-corrected chi connectivity index (χ3v) is 4.61. The van der Waals surface area contributed by atoms with Crippen molar-refractivity contribution in [1.29, 1.82) is 0 Å². The second-order valence-electron chi connectivity index (χ2n) is 6.07. The molecule has 0 radical (unpaired) electrons. The summed E-state index contributed by atoms with van der Waals surface area (Å²) >= 11 is 0. The van der Waals surface area contributed by atoms with Gasteiger partial charge in [-0.15, -0.1) is 0 Å². The summed E-state index contributed by atoms with van der Waals surface area (Å²) in [4.78, 5) is 15.1. The topological polar surface area (TPSA) is 46.3 Å². The van der Waals surface area contributed by atoms with Gasteiger partial charge in [0.15, 0.2) is 0 Å². The van der Waals surface area contributed by atoms with Crippen molar-refractivity contribution in [3.63, 3.8) is 0 Å². The van der Waals surface area contributed by atoms with Crippen LogP contribution in [0.1, 0.15) is 16.7 Å². The third kappa shape index (κ3) is 2.14. The molecule has 1 amide bonds. The van der Waals surface area contributed by atoms with Gasteiger partial charge in [-0.25, -0.2) is 0 Å². The molecule has 1 aliphatic rings. The van der Waals surface area contributed by atoms with E-state index in [0.29, 0.717) is 6.54 Å². The van der Waals surface area contributed by atoms with E-state index in [2.05, 4.69) is 0 Å². The molecule has 3 heteroatoms. The monoisotopic (exact) mass is 314 g/mol. The van der Waals surface area contributed by atoms with Crippen LogP contribution in [0.2, 0.25) is 0 Å². The van der Waals surface area contributed by atoms with Crippen LogP contribution < -0.4 is 10.6 Å². The van der Waals surface area contributed by atoms with Gasteiger partial charge in [0.05, 0.1) is 12.2 Å². The predicted molar refractivity (Wildman–Crippen MR) is 95.5 cm³/mol. The lowest BCUT2D eigenvalue weighted by molar-refractivity contribution is -0.121. The van der Waals surface area contributed by atoms with E-state index in [-0.39, 0.29) is 5.91 Å². The highest BCUT2D eigenvalue weighted by Crippen LogP contribution is 2.43. The molecule has 0 saturated carbocycles. The summed E-state index contributed by atoms with van der Waals surface area (Å²) in [5.41, 5.74) is 9.20. The summed E-state index contributed by atoms with van der Waals surface area (Å²) in [5.74, 6) is -0.0845. The SMILES string of the molecule is N[C@]1(c2ccccc2)C(=O)N(Cc2ccccc2)c2ccccc21. The van der Waals surface area contributed by atoms with E-state index in [9.17, 15) is 4.79 Å². The fraction of sp³-hybridized carbons (Fsp3) is 0.0952. The molecule has 3 aromatic rings. The first-order chi connectivity index (χ1) is 11.7. The molecule has 0 aromatic heterocycles. The minimum Gasteiger partial charge on any atom is -0.310 e. The minimum atomic E-state index is -1.13. The molecule has 0 bridgehead atoms. The lowest BCUT2D eigenvalue weighted by Gasteiger charge is -2.25. The van der Waals surface area contributed by atoms with E-state index < -0.39 is 5.54 Å². The molecule has 3 nitrogen and oxygen atoms in total. The largest absolute Gasteiger partial charge is 0.310 e. The van der Waals surface area contributed by atoms with Crippen molar-refractivity contribution in [1.82, 2.24) is 0 Å². The maximum atomic E-state index is 13.3. The average molecular weight is 314 g/mol. The molecule has 1 aliphatic heterocycles. The molecule has 0 spiro atoms. The van der Waals surface area contributed by atoms with Gasteiger partial charge in [0.1, 0.15) is 5.54 Å². The summed E-state index contributed by atoms with van der Waals surface area (Å²) in [6.07, 6.45) is 0. The van der Waals surface area contributed by atoms with Gasteiger partial charge in [-0.1, -0.05) is 78.9 Å². The van der Waals surface area contributed by atoms with Crippen LogP contribution in [0.25, 0.3) is 0 Å². The normalized spacial score (nSPS) is 19.4. The number of nitrogens with two attached hydrogens (primary N) is 1. The molecule has 2 N–H and O–H groups in total. The molecule has 0 aliphatic carbocycles. The van der Waals surface area contributed by atoms with Crippen molar-refractivity contribution in [3.8, 4) is 0 Å². The van der Waals surface area contributed by atoms with Crippen molar-refractivity contribution in [2.24, 2.45) is 5.73 Å². The maximum absolute atomic E-state index is 13.3. The first-order valence-electron chi connectivity index (χ1n) is 8.01. The van der Waals surface area contributed by atoms with Gasteiger partial charge in [-0.2, -0.15) is 0 Å². The Morgan fingerprint density at radius 1 is 0.792 bits per heavy atom. The average Bonchev–Trinajstić information content (AvgIpc) is 2.87. The van der Waals surface area contributed by atoms with Crippen molar-refractivity contribution in [2.75, 3.05) is 4.90 Å². The number of amides is 1. The van der Waals surface area contributed by atoms with Gasteiger partial charge in [0.25, 0.3) is 5.91 Å². The number of nitrogens with zero attached hydrogens (tertiary/aromatic N) is 1. The van der Waals surface area contributed by atoms with Gasteiger partial charge in [0.2, 0.25) is 0 Å². The van der Waals surface area contributed by atoms with Gasteiger partial charge in [-0.3, -0.25) is 4.79 Å². The van der Waals surface area contributed by atoms with Crippen LogP contribution in [0.4, 0.5) is 5.69 Å². The van der Waals surface area contributed by atoms with Crippen LogP contribution in [0.3, 0.4) is 0 Å². The second kappa shape index (κ2) is 5.62. The van der Waals surface area contributed by atoms with E-state index in [1.807, 2.05) is 84.9 Å². The number of hydrogen-bond acceptors (Lipinski definition) is 2. The minimum absolute atomic E-state index is 0.0845. The Morgan fingerprint density at radius 3 is 2.08 bits per heavy atom. The Hall–Kier alpha value is -2.91. The van der Waals surface area contributed by atoms with Crippen LogP contribution in [0, 0.1) is 0 Å². The first-order valence-corrected chi connectivity index (χ1v) is 8.01. The third-order valence-electron chi connectivity index (χ3n) is 4.61.